The Balaban J connectivity index is 2.59. The molecule has 3 unspecified atom stereocenters. The van der Waals surface area contributed by atoms with Crippen molar-refractivity contribution in [1.29, 1.82) is 0 Å². The molecule has 0 saturated heterocycles. The number of benzene rings is 1. The minimum absolute atomic E-state index is 0.0329. The number of hydrogen-bond donors (Lipinski definition) is 0. The normalized spacial score (nSPS) is 16.5. The van der Waals surface area contributed by atoms with E-state index in [-0.39, 0.29) is 10.6 Å². The standard InChI is InChI=1S/C13H16Cl2N2OS/c1-8(19(3)18)7-17-11-6-4-5-10(15)12(11)16-13(17)9(2)14/h4-6,8-9H,7H2,1-3H3. The van der Waals surface area contributed by atoms with Crippen LogP contribution in [-0.4, -0.2) is 25.3 Å². The highest BCUT2D eigenvalue weighted by molar-refractivity contribution is 7.84. The number of rotatable bonds is 4. The lowest BCUT2D eigenvalue weighted by Crippen LogP contribution is -2.19. The van der Waals surface area contributed by atoms with Crippen molar-refractivity contribution < 1.29 is 4.21 Å². The van der Waals surface area contributed by atoms with Crippen molar-refractivity contribution in [3.63, 3.8) is 0 Å². The number of fused-ring (bicyclic) bond motifs is 1. The first-order valence-electron chi connectivity index (χ1n) is 6.02. The summed E-state index contributed by atoms with van der Waals surface area (Å²) in [7, 11) is -0.889. The largest absolute Gasteiger partial charge is 0.325 e. The van der Waals surface area contributed by atoms with Crippen LogP contribution in [0.5, 0.6) is 0 Å². The molecule has 2 rings (SSSR count). The fourth-order valence-corrected chi connectivity index (χ4v) is 2.73. The van der Waals surface area contributed by atoms with Crippen molar-refractivity contribution >= 4 is 45.0 Å². The lowest BCUT2D eigenvalue weighted by Gasteiger charge is -2.14. The van der Waals surface area contributed by atoms with Gasteiger partial charge in [0.1, 0.15) is 11.3 Å². The van der Waals surface area contributed by atoms with E-state index >= 15 is 0 Å². The molecule has 1 aromatic carbocycles. The fourth-order valence-electron chi connectivity index (χ4n) is 1.99. The van der Waals surface area contributed by atoms with Gasteiger partial charge in [0.2, 0.25) is 0 Å². The second-order valence-electron chi connectivity index (χ2n) is 4.61. The van der Waals surface area contributed by atoms with Crippen molar-refractivity contribution in [1.82, 2.24) is 9.55 Å². The van der Waals surface area contributed by atoms with Gasteiger partial charge in [0, 0.05) is 28.9 Å². The van der Waals surface area contributed by atoms with Crippen LogP contribution in [0.4, 0.5) is 0 Å². The lowest BCUT2D eigenvalue weighted by atomic mass is 10.3. The lowest BCUT2D eigenvalue weighted by molar-refractivity contribution is 0.632. The van der Waals surface area contributed by atoms with E-state index < -0.39 is 10.8 Å². The summed E-state index contributed by atoms with van der Waals surface area (Å²) in [5, 5.41) is 0.423. The number of aromatic nitrogens is 2. The van der Waals surface area contributed by atoms with Gasteiger partial charge < -0.3 is 4.57 Å². The van der Waals surface area contributed by atoms with Crippen molar-refractivity contribution in [3.05, 3.63) is 29.0 Å². The predicted octanol–water partition coefficient (Wildman–Crippen LogP) is 3.76. The Kier molecular flexibility index (Phi) is 4.54. The Morgan fingerprint density at radius 3 is 2.68 bits per heavy atom. The smallest absolute Gasteiger partial charge is 0.127 e. The van der Waals surface area contributed by atoms with Gasteiger partial charge in [-0.2, -0.15) is 0 Å². The van der Waals surface area contributed by atoms with Crippen LogP contribution in [0.1, 0.15) is 25.0 Å². The van der Waals surface area contributed by atoms with E-state index in [0.717, 1.165) is 16.9 Å². The molecule has 1 heterocycles. The molecular weight excluding hydrogens is 303 g/mol. The minimum atomic E-state index is -0.889. The Morgan fingerprint density at radius 1 is 1.42 bits per heavy atom. The van der Waals surface area contributed by atoms with Crippen LogP contribution in [0.3, 0.4) is 0 Å². The molecule has 0 radical (unpaired) electrons. The Labute approximate surface area is 125 Å². The molecule has 3 nitrogen and oxygen atoms in total. The van der Waals surface area contributed by atoms with Gasteiger partial charge in [0.05, 0.1) is 15.9 Å². The predicted molar refractivity (Wildman–Crippen MR) is 82.5 cm³/mol. The number of halogens is 2. The summed E-state index contributed by atoms with van der Waals surface area (Å²) in [5.74, 6) is 0.766. The molecule has 6 heteroatoms. The molecule has 0 aliphatic heterocycles. The Hall–Kier alpha value is -0.580. The molecule has 19 heavy (non-hydrogen) atoms. The van der Waals surface area contributed by atoms with E-state index in [1.54, 1.807) is 6.26 Å². The molecule has 1 aromatic heterocycles. The summed E-state index contributed by atoms with van der Waals surface area (Å²) in [6.45, 7) is 4.45. The van der Waals surface area contributed by atoms with E-state index in [0.29, 0.717) is 11.6 Å². The third-order valence-corrected chi connectivity index (χ3v) is 4.90. The van der Waals surface area contributed by atoms with Crippen molar-refractivity contribution in [2.75, 3.05) is 6.26 Å². The highest BCUT2D eigenvalue weighted by Gasteiger charge is 2.19. The quantitative estimate of drug-likeness (QED) is 0.804. The molecule has 2 aromatic rings. The van der Waals surface area contributed by atoms with Gasteiger partial charge in [-0.3, -0.25) is 4.21 Å². The fraction of sp³-hybridized carbons (Fsp3) is 0.462. The SMILES string of the molecule is CC(Cl)c1nc2c(Cl)cccc2n1CC(C)S(C)=O. The van der Waals surface area contributed by atoms with E-state index in [4.69, 9.17) is 23.2 Å². The number of imidazole rings is 1. The van der Waals surface area contributed by atoms with Crippen LogP contribution >= 0.6 is 23.2 Å². The molecule has 0 amide bonds. The molecule has 0 N–H and O–H groups in total. The summed E-state index contributed by atoms with van der Waals surface area (Å²) in [5.41, 5.74) is 1.69. The maximum absolute atomic E-state index is 11.6. The van der Waals surface area contributed by atoms with Crippen molar-refractivity contribution in [2.24, 2.45) is 0 Å². The van der Waals surface area contributed by atoms with Gasteiger partial charge in [0.25, 0.3) is 0 Å². The van der Waals surface area contributed by atoms with Crippen LogP contribution in [0, 0.1) is 0 Å². The van der Waals surface area contributed by atoms with Gasteiger partial charge in [-0.25, -0.2) is 4.98 Å². The van der Waals surface area contributed by atoms with E-state index in [1.165, 1.54) is 0 Å². The van der Waals surface area contributed by atoms with Gasteiger partial charge in [-0.15, -0.1) is 11.6 Å². The first-order chi connectivity index (χ1) is 8.91. The van der Waals surface area contributed by atoms with E-state index in [1.807, 2.05) is 36.6 Å². The van der Waals surface area contributed by atoms with Crippen molar-refractivity contribution in [2.45, 2.75) is 31.0 Å². The molecule has 0 fully saturated rings. The highest BCUT2D eigenvalue weighted by atomic mass is 35.5. The van der Waals surface area contributed by atoms with Crippen LogP contribution in [0.25, 0.3) is 11.0 Å². The van der Waals surface area contributed by atoms with Gasteiger partial charge in [-0.1, -0.05) is 17.7 Å². The molecule has 0 bridgehead atoms. The zero-order valence-corrected chi connectivity index (χ0v) is 13.4. The summed E-state index contributed by atoms with van der Waals surface area (Å²) in [6.07, 6.45) is 1.71. The van der Waals surface area contributed by atoms with Crippen LogP contribution < -0.4 is 0 Å². The molecule has 0 spiro atoms. The first kappa shape index (κ1) is 14.8. The second kappa shape index (κ2) is 5.81. The average molecular weight is 319 g/mol. The molecule has 3 atom stereocenters. The van der Waals surface area contributed by atoms with E-state index in [2.05, 4.69) is 4.98 Å². The van der Waals surface area contributed by atoms with Crippen LogP contribution in [-0.2, 0) is 17.3 Å². The second-order valence-corrected chi connectivity index (χ2v) is 7.48. The monoisotopic (exact) mass is 318 g/mol. The summed E-state index contributed by atoms with van der Waals surface area (Å²) in [6, 6.07) is 5.66. The third kappa shape index (κ3) is 2.96. The summed E-state index contributed by atoms with van der Waals surface area (Å²) >= 11 is 12.4. The molecule has 0 aliphatic rings. The highest BCUT2D eigenvalue weighted by Crippen LogP contribution is 2.29. The minimum Gasteiger partial charge on any atom is -0.325 e. The van der Waals surface area contributed by atoms with Crippen LogP contribution in [0.15, 0.2) is 18.2 Å². The topological polar surface area (TPSA) is 34.9 Å². The Morgan fingerprint density at radius 2 is 2.11 bits per heavy atom. The first-order valence-corrected chi connectivity index (χ1v) is 8.46. The maximum atomic E-state index is 11.6. The van der Waals surface area contributed by atoms with E-state index in [9.17, 15) is 4.21 Å². The number of hydrogen-bond acceptors (Lipinski definition) is 2. The average Bonchev–Trinajstić information content (AvgIpc) is 2.70. The zero-order chi connectivity index (χ0) is 14.2. The molecular formula is C13H16Cl2N2OS. The zero-order valence-electron chi connectivity index (χ0n) is 11.1. The maximum Gasteiger partial charge on any atom is 0.127 e. The Bertz CT molecular complexity index is 624. The molecule has 0 aliphatic carbocycles. The van der Waals surface area contributed by atoms with Crippen molar-refractivity contribution in [3.8, 4) is 0 Å². The van der Waals surface area contributed by atoms with Crippen LogP contribution in [0.2, 0.25) is 5.02 Å². The van der Waals surface area contributed by atoms with Gasteiger partial charge in [0.15, 0.2) is 0 Å². The summed E-state index contributed by atoms with van der Waals surface area (Å²) < 4.78 is 13.6. The number of para-hydroxylation sites is 1. The molecule has 104 valence electrons. The number of nitrogens with zero attached hydrogens (tertiary/aromatic N) is 2. The van der Waals surface area contributed by atoms with Gasteiger partial charge in [-0.05, 0) is 26.0 Å². The summed E-state index contributed by atoms with van der Waals surface area (Å²) in [4.78, 5) is 4.52. The molecule has 0 saturated carbocycles. The van der Waals surface area contributed by atoms with Gasteiger partial charge >= 0.3 is 0 Å². The third-order valence-electron chi connectivity index (χ3n) is 3.12. The number of alkyl halides is 1.